The third-order valence-electron chi connectivity index (χ3n) is 4.82. The lowest BCUT2D eigenvalue weighted by molar-refractivity contribution is -0.112. The van der Waals surface area contributed by atoms with Gasteiger partial charge < -0.3 is 19.5 Å². The van der Waals surface area contributed by atoms with Gasteiger partial charge in [0.15, 0.2) is 0 Å². The number of amides is 1. The Kier molecular flexibility index (Phi) is 8.88. The summed E-state index contributed by atoms with van der Waals surface area (Å²) in [6.45, 7) is 2.22. The predicted molar refractivity (Wildman–Crippen MR) is 133 cm³/mol. The highest BCUT2D eigenvalue weighted by molar-refractivity contribution is 6.30. The molecule has 1 amide bonds. The van der Waals surface area contributed by atoms with E-state index in [1.807, 2.05) is 18.2 Å². The molecule has 0 aliphatic rings. The highest BCUT2D eigenvalue weighted by Gasteiger charge is 2.13. The van der Waals surface area contributed by atoms with Gasteiger partial charge in [0.25, 0.3) is 5.91 Å². The van der Waals surface area contributed by atoms with Gasteiger partial charge in [-0.25, -0.2) is 4.79 Å². The van der Waals surface area contributed by atoms with E-state index in [0.29, 0.717) is 33.3 Å². The fourth-order valence-electron chi connectivity index (χ4n) is 3.08. The van der Waals surface area contributed by atoms with Crippen LogP contribution in [0.1, 0.15) is 28.4 Å². The molecule has 3 aromatic rings. The zero-order valence-corrected chi connectivity index (χ0v) is 20.0. The Morgan fingerprint density at radius 1 is 1.09 bits per heavy atom. The SMILES string of the molecule is CCOC(=O)c1ccc(NC(=O)/C(C#N)=C/c2ccc(OC)cc2OCc2cccc(Cl)c2)cc1. The fourth-order valence-corrected chi connectivity index (χ4v) is 3.29. The molecule has 0 bridgehead atoms. The van der Waals surface area contributed by atoms with Crippen LogP contribution in [0.5, 0.6) is 11.5 Å². The molecule has 0 aliphatic carbocycles. The molecule has 0 aliphatic heterocycles. The van der Waals surface area contributed by atoms with Crippen molar-refractivity contribution in [2.45, 2.75) is 13.5 Å². The molecule has 178 valence electrons. The lowest BCUT2D eigenvalue weighted by Crippen LogP contribution is -2.14. The van der Waals surface area contributed by atoms with Gasteiger partial charge >= 0.3 is 5.97 Å². The van der Waals surface area contributed by atoms with Gasteiger partial charge in [-0.05, 0) is 67.1 Å². The van der Waals surface area contributed by atoms with Crippen LogP contribution in [0.15, 0.2) is 72.3 Å². The largest absolute Gasteiger partial charge is 0.497 e. The molecule has 7 nitrogen and oxygen atoms in total. The summed E-state index contributed by atoms with van der Waals surface area (Å²) in [6, 6.07) is 20.5. The van der Waals surface area contributed by atoms with Crippen LogP contribution in [0.4, 0.5) is 5.69 Å². The number of rotatable bonds is 9. The molecule has 0 saturated heterocycles. The second-order valence-corrected chi connectivity index (χ2v) is 7.68. The average Bonchev–Trinajstić information content (AvgIpc) is 2.87. The molecule has 0 unspecified atom stereocenters. The molecule has 0 heterocycles. The zero-order valence-electron chi connectivity index (χ0n) is 19.2. The second kappa shape index (κ2) is 12.3. The molecule has 0 fully saturated rings. The minimum absolute atomic E-state index is 0.128. The predicted octanol–water partition coefficient (Wildman–Crippen LogP) is 5.65. The third-order valence-corrected chi connectivity index (χ3v) is 5.06. The number of nitrogens with zero attached hydrogens (tertiary/aromatic N) is 1. The van der Waals surface area contributed by atoms with Gasteiger partial charge in [0, 0.05) is 22.3 Å². The highest BCUT2D eigenvalue weighted by atomic mass is 35.5. The van der Waals surface area contributed by atoms with E-state index < -0.39 is 11.9 Å². The molecule has 1 N–H and O–H groups in total. The summed E-state index contributed by atoms with van der Waals surface area (Å²) in [6.07, 6.45) is 1.44. The van der Waals surface area contributed by atoms with E-state index in [9.17, 15) is 14.9 Å². The van der Waals surface area contributed by atoms with Crippen molar-refractivity contribution in [1.82, 2.24) is 0 Å². The van der Waals surface area contributed by atoms with Crippen LogP contribution in [0.25, 0.3) is 6.08 Å². The summed E-state index contributed by atoms with van der Waals surface area (Å²) in [5, 5.41) is 12.9. The van der Waals surface area contributed by atoms with Gasteiger partial charge in [-0.2, -0.15) is 5.26 Å². The lowest BCUT2D eigenvalue weighted by atomic mass is 10.1. The van der Waals surface area contributed by atoms with E-state index in [1.54, 1.807) is 49.4 Å². The van der Waals surface area contributed by atoms with Gasteiger partial charge in [0.1, 0.15) is 29.7 Å². The third kappa shape index (κ3) is 7.10. The topological polar surface area (TPSA) is 97.7 Å². The van der Waals surface area contributed by atoms with Gasteiger partial charge in [-0.1, -0.05) is 23.7 Å². The Hall–Kier alpha value is -4.28. The van der Waals surface area contributed by atoms with Crippen molar-refractivity contribution >= 4 is 35.2 Å². The number of carbonyl (C=O) groups excluding carboxylic acids is 2. The van der Waals surface area contributed by atoms with Crippen molar-refractivity contribution in [3.8, 4) is 17.6 Å². The van der Waals surface area contributed by atoms with E-state index in [0.717, 1.165) is 5.56 Å². The fraction of sp³-hybridized carbons (Fsp3) is 0.148. The summed E-state index contributed by atoms with van der Waals surface area (Å²) in [5.74, 6) is -0.0580. The number of esters is 1. The Morgan fingerprint density at radius 3 is 2.51 bits per heavy atom. The zero-order chi connectivity index (χ0) is 25.2. The molecule has 3 rings (SSSR count). The standard InChI is InChI=1S/C27H23ClN2O5/c1-3-34-27(32)19-7-10-23(11-8-19)30-26(31)21(16-29)14-20-9-12-24(33-2)15-25(20)35-17-18-5-4-6-22(28)13-18/h4-15H,3,17H2,1-2H3,(H,30,31)/b21-14+. The molecule has 0 atom stereocenters. The van der Waals surface area contributed by atoms with Gasteiger partial charge in [0.2, 0.25) is 0 Å². The van der Waals surface area contributed by atoms with Crippen LogP contribution in [0.2, 0.25) is 5.02 Å². The number of benzene rings is 3. The molecule has 35 heavy (non-hydrogen) atoms. The Bertz CT molecular complexity index is 1280. The molecule has 3 aromatic carbocycles. The monoisotopic (exact) mass is 490 g/mol. The lowest BCUT2D eigenvalue weighted by Gasteiger charge is -2.12. The first-order valence-corrected chi connectivity index (χ1v) is 11.1. The van der Waals surface area contributed by atoms with Crippen molar-refractivity contribution < 1.29 is 23.8 Å². The number of hydrogen-bond acceptors (Lipinski definition) is 6. The van der Waals surface area contributed by atoms with Crippen molar-refractivity contribution in [2.24, 2.45) is 0 Å². The summed E-state index contributed by atoms with van der Waals surface area (Å²) in [7, 11) is 1.53. The number of hydrogen-bond donors (Lipinski definition) is 1. The molecule has 0 aromatic heterocycles. The minimum Gasteiger partial charge on any atom is -0.497 e. The van der Waals surface area contributed by atoms with Gasteiger partial charge in [-0.3, -0.25) is 4.79 Å². The van der Waals surface area contributed by atoms with E-state index in [4.69, 9.17) is 25.8 Å². The number of methoxy groups -OCH3 is 1. The molecule has 0 radical (unpaired) electrons. The number of ether oxygens (including phenoxy) is 3. The first-order valence-electron chi connectivity index (χ1n) is 10.7. The number of anilines is 1. The van der Waals surface area contributed by atoms with Crippen LogP contribution in [-0.4, -0.2) is 25.6 Å². The Labute approximate surface area is 208 Å². The normalized spacial score (nSPS) is 10.7. The average molecular weight is 491 g/mol. The summed E-state index contributed by atoms with van der Waals surface area (Å²) < 4.78 is 16.2. The second-order valence-electron chi connectivity index (χ2n) is 7.24. The Balaban J connectivity index is 1.79. The first-order chi connectivity index (χ1) is 16.9. The van der Waals surface area contributed by atoms with Gasteiger partial charge in [-0.15, -0.1) is 0 Å². The van der Waals surface area contributed by atoms with Crippen LogP contribution < -0.4 is 14.8 Å². The van der Waals surface area contributed by atoms with E-state index >= 15 is 0 Å². The quantitative estimate of drug-likeness (QED) is 0.236. The van der Waals surface area contributed by atoms with Crippen molar-refractivity contribution in [2.75, 3.05) is 19.0 Å². The molecule has 0 saturated carbocycles. The van der Waals surface area contributed by atoms with Crippen molar-refractivity contribution in [3.05, 3.63) is 94.0 Å². The first kappa shape index (κ1) is 25.3. The van der Waals surface area contributed by atoms with Crippen LogP contribution in [0.3, 0.4) is 0 Å². The van der Waals surface area contributed by atoms with E-state index in [1.165, 1.54) is 25.3 Å². The van der Waals surface area contributed by atoms with E-state index in [-0.39, 0.29) is 18.8 Å². The summed E-state index contributed by atoms with van der Waals surface area (Å²) >= 11 is 6.04. The van der Waals surface area contributed by atoms with Gasteiger partial charge in [0.05, 0.1) is 19.3 Å². The number of nitriles is 1. The van der Waals surface area contributed by atoms with Crippen LogP contribution >= 0.6 is 11.6 Å². The molecular formula is C27H23ClN2O5. The molecule has 8 heteroatoms. The van der Waals surface area contributed by atoms with Crippen molar-refractivity contribution in [3.63, 3.8) is 0 Å². The minimum atomic E-state index is -0.604. The number of carbonyl (C=O) groups is 2. The summed E-state index contributed by atoms with van der Waals surface area (Å²) in [5.41, 5.74) is 2.05. The van der Waals surface area contributed by atoms with E-state index in [2.05, 4.69) is 5.32 Å². The summed E-state index contributed by atoms with van der Waals surface area (Å²) in [4.78, 5) is 24.5. The highest BCUT2D eigenvalue weighted by Crippen LogP contribution is 2.28. The maximum absolute atomic E-state index is 12.7. The molecule has 0 spiro atoms. The maximum atomic E-state index is 12.7. The Morgan fingerprint density at radius 2 is 1.86 bits per heavy atom. The molecular weight excluding hydrogens is 468 g/mol. The maximum Gasteiger partial charge on any atom is 0.338 e. The van der Waals surface area contributed by atoms with Crippen molar-refractivity contribution in [1.29, 1.82) is 5.26 Å². The van der Waals surface area contributed by atoms with Crippen LogP contribution in [0, 0.1) is 11.3 Å². The number of nitrogens with one attached hydrogen (secondary N) is 1. The van der Waals surface area contributed by atoms with Crippen LogP contribution in [-0.2, 0) is 16.1 Å². The smallest absolute Gasteiger partial charge is 0.338 e. The number of halogens is 1.